The first-order chi connectivity index (χ1) is 13.4. The highest BCUT2D eigenvalue weighted by molar-refractivity contribution is 5.97. The summed E-state index contributed by atoms with van der Waals surface area (Å²) < 4.78 is 52.7. The van der Waals surface area contributed by atoms with Crippen LogP contribution in [0.25, 0.3) is 0 Å². The van der Waals surface area contributed by atoms with E-state index in [0.717, 1.165) is 61.0 Å². The topological polar surface area (TPSA) is 41.4 Å². The van der Waals surface area contributed by atoms with Gasteiger partial charge in [0.15, 0.2) is 5.82 Å². The second kappa shape index (κ2) is 7.58. The minimum atomic E-state index is -4.48. The summed E-state index contributed by atoms with van der Waals surface area (Å²) in [6.07, 6.45) is 1.01. The number of fused-ring (bicyclic) bond motifs is 1. The Morgan fingerprint density at radius 2 is 1.96 bits per heavy atom. The van der Waals surface area contributed by atoms with Crippen molar-refractivity contribution in [3.63, 3.8) is 0 Å². The van der Waals surface area contributed by atoms with Crippen LogP contribution in [-0.4, -0.2) is 33.7 Å². The van der Waals surface area contributed by atoms with E-state index >= 15 is 0 Å². The maximum atomic E-state index is 14.0. The highest BCUT2D eigenvalue weighted by Crippen LogP contribution is 2.31. The predicted molar refractivity (Wildman–Crippen MR) is 96.5 cm³/mol. The van der Waals surface area contributed by atoms with Gasteiger partial charge in [-0.2, -0.15) is 13.2 Å². The van der Waals surface area contributed by atoms with E-state index < -0.39 is 17.6 Å². The summed E-state index contributed by atoms with van der Waals surface area (Å²) >= 11 is 0. The number of rotatable bonds is 3. The molecule has 0 bridgehead atoms. The van der Waals surface area contributed by atoms with Gasteiger partial charge in [0.05, 0.1) is 17.0 Å². The van der Waals surface area contributed by atoms with Crippen LogP contribution in [0.15, 0.2) is 29.4 Å². The summed E-state index contributed by atoms with van der Waals surface area (Å²) in [6.45, 7) is 2.01. The zero-order valence-electron chi connectivity index (χ0n) is 15.3. The standard InChI is InChI=1S/C20H20F4N4/c21-16-5-4-15(20(22,23)24)9-13(16)11-28-8-6-17-14(12-28)10-26-19(27-17)18-3-1-2-7-25-18/h4-5,9-10H,1-3,6-8,11-12H2. The molecule has 1 aromatic carbocycles. The molecule has 3 heterocycles. The largest absolute Gasteiger partial charge is 0.416 e. The average molecular weight is 392 g/mol. The van der Waals surface area contributed by atoms with Crippen molar-refractivity contribution in [3.8, 4) is 0 Å². The highest BCUT2D eigenvalue weighted by Gasteiger charge is 2.31. The average Bonchev–Trinajstić information content (AvgIpc) is 2.69. The van der Waals surface area contributed by atoms with Crippen molar-refractivity contribution >= 4 is 5.71 Å². The molecule has 4 rings (SSSR count). The predicted octanol–water partition coefficient (Wildman–Crippen LogP) is 4.17. The molecule has 0 fully saturated rings. The van der Waals surface area contributed by atoms with Crippen LogP contribution >= 0.6 is 0 Å². The van der Waals surface area contributed by atoms with E-state index in [1.54, 1.807) is 6.20 Å². The number of alkyl halides is 3. The number of halogens is 4. The van der Waals surface area contributed by atoms with Crippen LogP contribution in [-0.2, 0) is 25.7 Å². The van der Waals surface area contributed by atoms with Crippen molar-refractivity contribution in [2.75, 3.05) is 13.1 Å². The molecule has 2 aliphatic rings. The van der Waals surface area contributed by atoms with Crippen molar-refractivity contribution in [1.29, 1.82) is 0 Å². The maximum absolute atomic E-state index is 14.0. The lowest BCUT2D eigenvalue weighted by Crippen LogP contribution is -2.32. The maximum Gasteiger partial charge on any atom is 0.416 e. The van der Waals surface area contributed by atoms with E-state index in [2.05, 4.69) is 15.0 Å². The second-order valence-corrected chi connectivity index (χ2v) is 7.22. The number of aromatic nitrogens is 2. The second-order valence-electron chi connectivity index (χ2n) is 7.22. The molecule has 0 saturated carbocycles. The van der Waals surface area contributed by atoms with Crippen LogP contribution in [0.1, 0.15) is 47.5 Å². The van der Waals surface area contributed by atoms with Crippen LogP contribution in [0.4, 0.5) is 17.6 Å². The van der Waals surface area contributed by atoms with Crippen molar-refractivity contribution in [1.82, 2.24) is 14.9 Å². The summed E-state index contributed by atoms with van der Waals surface area (Å²) in [5.41, 5.74) is 2.04. The smallest absolute Gasteiger partial charge is 0.294 e. The summed E-state index contributed by atoms with van der Waals surface area (Å²) in [5, 5.41) is 0. The highest BCUT2D eigenvalue weighted by atomic mass is 19.4. The molecule has 4 nitrogen and oxygen atoms in total. The first-order valence-electron chi connectivity index (χ1n) is 9.36. The fraction of sp³-hybridized carbons (Fsp3) is 0.450. The molecular formula is C20H20F4N4. The Morgan fingerprint density at radius 1 is 1.11 bits per heavy atom. The van der Waals surface area contributed by atoms with Gasteiger partial charge < -0.3 is 0 Å². The Kier molecular flexibility index (Phi) is 5.14. The third-order valence-corrected chi connectivity index (χ3v) is 5.16. The quantitative estimate of drug-likeness (QED) is 0.737. The van der Waals surface area contributed by atoms with Crippen molar-refractivity contribution in [2.24, 2.45) is 4.99 Å². The van der Waals surface area contributed by atoms with Gasteiger partial charge in [-0.1, -0.05) is 0 Å². The third kappa shape index (κ3) is 4.06. The van der Waals surface area contributed by atoms with Gasteiger partial charge >= 0.3 is 6.18 Å². The van der Waals surface area contributed by atoms with E-state index in [1.165, 1.54) is 0 Å². The summed E-state index contributed by atoms with van der Waals surface area (Å²) in [5.74, 6) is 0.0523. The van der Waals surface area contributed by atoms with Gasteiger partial charge in [0.2, 0.25) is 0 Å². The third-order valence-electron chi connectivity index (χ3n) is 5.16. The van der Waals surface area contributed by atoms with Crippen LogP contribution in [0.3, 0.4) is 0 Å². The molecule has 8 heteroatoms. The van der Waals surface area contributed by atoms with Gasteiger partial charge in [-0.25, -0.2) is 14.4 Å². The molecule has 148 valence electrons. The lowest BCUT2D eigenvalue weighted by Gasteiger charge is -2.28. The molecule has 1 aromatic heterocycles. The van der Waals surface area contributed by atoms with Crippen LogP contribution in [0, 0.1) is 5.82 Å². The van der Waals surface area contributed by atoms with Gasteiger partial charge in [0.1, 0.15) is 5.82 Å². The number of hydrogen-bond donors (Lipinski definition) is 0. The first kappa shape index (κ1) is 19.0. The first-order valence-corrected chi connectivity index (χ1v) is 9.36. The van der Waals surface area contributed by atoms with E-state index in [9.17, 15) is 17.6 Å². The minimum Gasteiger partial charge on any atom is -0.294 e. The molecule has 0 unspecified atom stereocenters. The van der Waals surface area contributed by atoms with Gasteiger partial charge in [-0.05, 0) is 37.5 Å². The molecule has 2 aliphatic heterocycles. The fourth-order valence-corrected chi connectivity index (χ4v) is 3.64. The van der Waals surface area contributed by atoms with Gasteiger partial charge in [0, 0.05) is 49.9 Å². The zero-order chi connectivity index (χ0) is 19.7. The molecule has 0 spiro atoms. The summed E-state index contributed by atoms with van der Waals surface area (Å²) in [7, 11) is 0. The summed E-state index contributed by atoms with van der Waals surface area (Å²) in [4.78, 5) is 15.5. The van der Waals surface area contributed by atoms with Crippen LogP contribution in [0.2, 0.25) is 0 Å². The fourth-order valence-electron chi connectivity index (χ4n) is 3.64. The molecule has 0 atom stereocenters. The number of hydrogen-bond acceptors (Lipinski definition) is 4. The number of benzene rings is 1. The van der Waals surface area contributed by atoms with E-state index in [0.29, 0.717) is 25.3 Å². The SMILES string of the molecule is Fc1ccc(C(F)(F)F)cc1CN1CCc2nc(C3=NCCCC3)ncc2C1. The zero-order valence-corrected chi connectivity index (χ0v) is 15.3. The number of nitrogens with zero attached hydrogens (tertiary/aromatic N) is 4. The Morgan fingerprint density at radius 3 is 2.71 bits per heavy atom. The van der Waals surface area contributed by atoms with Crippen molar-refractivity contribution < 1.29 is 17.6 Å². The monoisotopic (exact) mass is 392 g/mol. The summed E-state index contributed by atoms with van der Waals surface area (Å²) in [6, 6.07) is 2.55. The lowest BCUT2D eigenvalue weighted by atomic mass is 10.0. The molecular weight excluding hydrogens is 372 g/mol. The molecule has 0 saturated heterocycles. The molecule has 0 aliphatic carbocycles. The van der Waals surface area contributed by atoms with E-state index in [-0.39, 0.29) is 12.1 Å². The molecule has 28 heavy (non-hydrogen) atoms. The van der Waals surface area contributed by atoms with Crippen molar-refractivity contribution in [3.05, 3.63) is 58.4 Å². The van der Waals surface area contributed by atoms with Crippen molar-refractivity contribution in [2.45, 2.75) is 44.9 Å². The molecule has 0 radical (unpaired) electrons. The molecule has 0 amide bonds. The van der Waals surface area contributed by atoms with Crippen LogP contribution < -0.4 is 0 Å². The van der Waals surface area contributed by atoms with Crippen LogP contribution in [0.5, 0.6) is 0 Å². The Labute approximate surface area is 160 Å². The van der Waals surface area contributed by atoms with Gasteiger partial charge in [-0.3, -0.25) is 9.89 Å². The number of aliphatic imine (C=N–C) groups is 1. The van der Waals surface area contributed by atoms with Gasteiger partial charge in [0.25, 0.3) is 0 Å². The molecule has 2 aromatic rings. The normalized spacial score (nSPS) is 17.9. The Balaban J connectivity index is 1.50. The minimum absolute atomic E-state index is 0.0485. The van der Waals surface area contributed by atoms with Gasteiger partial charge in [-0.15, -0.1) is 0 Å². The van der Waals surface area contributed by atoms with E-state index in [4.69, 9.17) is 0 Å². The lowest BCUT2D eigenvalue weighted by molar-refractivity contribution is -0.137. The Hall–Kier alpha value is -2.35. The van der Waals surface area contributed by atoms with E-state index in [1.807, 2.05) is 4.90 Å². The Bertz CT molecular complexity index is 908. The molecule has 0 N–H and O–H groups in total.